The van der Waals surface area contributed by atoms with E-state index in [2.05, 4.69) is 26.7 Å². The number of hydrogen-bond acceptors (Lipinski definition) is 6. The van der Waals surface area contributed by atoms with Crippen LogP contribution in [0.1, 0.15) is 21.9 Å². The van der Waals surface area contributed by atoms with Crippen LogP contribution in [0.4, 0.5) is 5.82 Å². The van der Waals surface area contributed by atoms with Gasteiger partial charge in [0.05, 0.1) is 7.11 Å². The minimum absolute atomic E-state index is 0.187. The van der Waals surface area contributed by atoms with Crippen LogP contribution in [0, 0.1) is 6.92 Å². The smallest absolute Gasteiger partial charge is 0.270 e. The molecule has 0 aliphatic heterocycles. The van der Waals surface area contributed by atoms with Crippen LogP contribution in [0.5, 0.6) is 5.75 Å². The number of aryl methyl sites for hydroxylation is 1. The number of aromatic nitrogens is 2. The highest BCUT2D eigenvalue weighted by Gasteiger charge is 2.10. The molecule has 0 spiro atoms. The molecule has 2 aromatic rings. The van der Waals surface area contributed by atoms with Crippen molar-refractivity contribution >= 4 is 11.7 Å². The quantitative estimate of drug-likeness (QED) is 0.712. The van der Waals surface area contributed by atoms with Gasteiger partial charge in [-0.25, -0.2) is 9.97 Å². The van der Waals surface area contributed by atoms with Gasteiger partial charge < -0.3 is 20.3 Å². The highest BCUT2D eigenvalue weighted by Crippen LogP contribution is 2.13. The molecule has 1 aromatic heterocycles. The second kappa shape index (κ2) is 9.72. The summed E-state index contributed by atoms with van der Waals surface area (Å²) in [5.41, 5.74) is 1.55. The molecule has 0 radical (unpaired) electrons. The first kappa shape index (κ1) is 19.7. The molecule has 1 aromatic carbocycles. The minimum Gasteiger partial charge on any atom is -0.497 e. The lowest BCUT2D eigenvalue weighted by Crippen LogP contribution is -2.32. The van der Waals surface area contributed by atoms with E-state index in [4.69, 9.17) is 4.74 Å². The molecule has 2 rings (SSSR count). The molecule has 0 unspecified atom stereocenters. The zero-order valence-electron chi connectivity index (χ0n) is 15.9. The predicted molar refractivity (Wildman–Crippen MR) is 103 cm³/mol. The molecule has 0 aliphatic carbocycles. The fraction of sp³-hybridized carbons (Fsp3) is 0.421. The monoisotopic (exact) mass is 357 g/mol. The van der Waals surface area contributed by atoms with Crippen LogP contribution in [0.2, 0.25) is 0 Å². The van der Waals surface area contributed by atoms with Crippen molar-refractivity contribution in [3.63, 3.8) is 0 Å². The van der Waals surface area contributed by atoms with Gasteiger partial charge in [-0.05, 0) is 45.1 Å². The van der Waals surface area contributed by atoms with Gasteiger partial charge >= 0.3 is 0 Å². The first-order chi connectivity index (χ1) is 12.5. The molecule has 0 aliphatic rings. The molecular weight excluding hydrogens is 330 g/mol. The maximum atomic E-state index is 12.2. The molecule has 0 saturated heterocycles. The number of likely N-dealkylation sites (N-methyl/N-ethyl adjacent to an activating group) is 1. The van der Waals surface area contributed by atoms with Crippen molar-refractivity contribution in [1.82, 2.24) is 20.2 Å². The third-order valence-electron chi connectivity index (χ3n) is 3.77. The zero-order chi connectivity index (χ0) is 18.9. The summed E-state index contributed by atoms with van der Waals surface area (Å²) < 4.78 is 5.24. The first-order valence-corrected chi connectivity index (χ1v) is 8.63. The molecule has 1 heterocycles. The molecule has 2 N–H and O–H groups in total. The average molecular weight is 357 g/mol. The van der Waals surface area contributed by atoms with Gasteiger partial charge in [0.2, 0.25) is 0 Å². The van der Waals surface area contributed by atoms with E-state index in [0.717, 1.165) is 18.7 Å². The number of methoxy groups -OCH3 is 1. The van der Waals surface area contributed by atoms with Crippen LogP contribution in [0.15, 0.2) is 30.3 Å². The van der Waals surface area contributed by atoms with Gasteiger partial charge in [0.1, 0.15) is 23.1 Å². The molecule has 0 bridgehead atoms. The van der Waals surface area contributed by atoms with E-state index in [9.17, 15) is 4.79 Å². The fourth-order valence-electron chi connectivity index (χ4n) is 2.42. The van der Waals surface area contributed by atoms with Crippen molar-refractivity contribution in [1.29, 1.82) is 0 Å². The normalized spacial score (nSPS) is 10.7. The van der Waals surface area contributed by atoms with Gasteiger partial charge in [-0.15, -0.1) is 0 Å². The van der Waals surface area contributed by atoms with Gasteiger partial charge in [0, 0.05) is 25.7 Å². The number of rotatable bonds is 9. The summed E-state index contributed by atoms with van der Waals surface area (Å²) in [7, 11) is 5.59. The summed E-state index contributed by atoms with van der Waals surface area (Å²) in [6, 6.07) is 9.64. The standard InChI is InChI=1S/C19H27N5O2/c1-14-22-17(19(25)21-10-11-24(2)3)13-18(23-14)20-9-8-15-6-5-7-16(12-15)26-4/h5-7,12-13H,8-11H2,1-4H3,(H,21,25)(H,20,22,23). The van der Waals surface area contributed by atoms with Crippen LogP contribution in [-0.4, -0.2) is 61.6 Å². The zero-order valence-corrected chi connectivity index (χ0v) is 15.9. The van der Waals surface area contributed by atoms with Crippen LogP contribution >= 0.6 is 0 Å². The molecule has 0 fully saturated rings. The van der Waals surface area contributed by atoms with Crippen LogP contribution in [-0.2, 0) is 6.42 Å². The fourth-order valence-corrected chi connectivity index (χ4v) is 2.42. The van der Waals surface area contributed by atoms with E-state index in [0.29, 0.717) is 30.4 Å². The maximum Gasteiger partial charge on any atom is 0.270 e. The average Bonchev–Trinajstić information content (AvgIpc) is 2.61. The number of nitrogens with one attached hydrogen (secondary N) is 2. The minimum atomic E-state index is -0.187. The van der Waals surface area contributed by atoms with Crippen molar-refractivity contribution in [2.24, 2.45) is 0 Å². The Morgan fingerprint density at radius 3 is 2.73 bits per heavy atom. The highest BCUT2D eigenvalue weighted by atomic mass is 16.5. The van der Waals surface area contributed by atoms with Gasteiger partial charge in [-0.1, -0.05) is 12.1 Å². The van der Waals surface area contributed by atoms with E-state index in [1.807, 2.05) is 37.2 Å². The van der Waals surface area contributed by atoms with Crippen LogP contribution in [0.25, 0.3) is 0 Å². The van der Waals surface area contributed by atoms with Crippen LogP contribution < -0.4 is 15.4 Å². The lowest BCUT2D eigenvalue weighted by Gasteiger charge is -2.11. The van der Waals surface area contributed by atoms with Gasteiger partial charge in [-0.3, -0.25) is 4.79 Å². The van der Waals surface area contributed by atoms with E-state index in [1.165, 1.54) is 5.56 Å². The molecule has 0 atom stereocenters. The van der Waals surface area contributed by atoms with Gasteiger partial charge in [0.15, 0.2) is 0 Å². The highest BCUT2D eigenvalue weighted by molar-refractivity contribution is 5.92. The SMILES string of the molecule is COc1cccc(CCNc2cc(C(=O)NCCN(C)C)nc(C)n2)c1. The van der Waals surface area contributed by atoms with Crippen LogP contribution in [0.3, 0.4) is 0 Å². The lowest BCUT2D eigenvalue weighted by atomic mass is 10.1. The summed E-state index contributed by atoms with van der Waals surface area (Å²) in [5.74, 6) is 1.87. The number of carbonyl (C=O) groups is 1. The third kappa shape index (κ3) is 6.33. The summed E-state index contributed by atoms with van der Waals surface area (Å²) in [5, 5.41) is 6.13. The molecule has 1 amide bonds. The number of ether oxygens (including phenoxy) is 1. The van der Waals surface area contributed by atoms with Crippen molar-refractivity contribution in [3.05, 3.63) is 47.4 Å². The van der Waals surface area contributed by atoms with Gasteiger partial charge in [0.25, 0.3) is 5.91 Å². The maximum absolute atomic E-state index is 12.2. The topological polar surface area (TPSA) is 79.4 Å². The summed E-state index contributed by atoms with van der Waals surface area (Å²) in [6.07, 6.45) is 0.824. The third-order valence-corrected chi connectivity index (χ3v) is 3.77. The molecule has 0 saturated carbocycles. The number of nitrogens with zero attached hydrogens (tertiary/aromatic N) is 3. The van der Waals surface area contributed by atoms with E-state index in [-0.39, 0.29) is 5.91 Å². The number of benzene rings is 1. The largest absolute Gasteiger partial charge is 0.497 e. The second-order valence-electron chi connectivity index (χ2n) is 6.27. The predicted octanol–water partition coefficient (Wildman–Crippen LogP) is 1.74. The number of hydrogen-bond donors (Lipinski definition) is 2. The first-order valence-electron chi connectivity index (χ1n) is 8.63. The Labute approximate surface area is 154 Å². The van der Waals surface area contributed by atoms with E-state index in [1.54, 1.807) is 20.1 Å². The van der Waals surface area contributed by atoms with E-state index >= 15 is 0 Å². The molecule has 26 heavy (non-hydrogen) atoms. The Hall–Kier alpha value is -2.67. The second-order valence-corrected chi connectivity index (χ2v) is 6.27. The van der Waals surface area contributed by atoms with Crippen molar-refractivity contribution in [2.45, 2.75) is 13.3 Å². The molecular formula is C19H27N5O2. The molecule has 140 valence electrons. The van der Waals surface area contributed by atoms with E-state index < -0.39 is 0 Å². The Morgan fingerprint density at radius 1 is 1.19 bits per heavy atom. The summed E-state index contributed by atoms with van der Waals surface area (Å²) in [6.45, 7) is 3.84. The Balaban J connectivity index is 1.92. The number of anilines is 1. The number of amides is 1. The van der Waals surface area contributed by atoms with Gasteiger partial charge in [-0.2, -0.15) is 0 Å². The summed E-state index contributed by atoms with van der Waals surface area (Å²) in [4.78, 5) is 22.8. The molecule has 7 heteroatoms. The Morgan fingerprint density at radius 2 is 2.00 bits per heavy atom. The summed E-state index contributed by atoms with van der Waals surface area (Å²) >= 11 is 0. The lowest BCUT2D eigenvalue weighted by molar-refractivity contribution is 0.0945. The van der Waals surface area contributed by atoms with Crippen molar-refractivity contribution in [2.75, 3.05) is 46.2 Å². The Bertz CT molecular complexity index is 734. The Kier molecular flexibility index (Phi) is 7.35. The molecule has 7 nitrogen and oxygen atoms in total. The van der Waals surface area contributed by atoms with Crippen molar-refractivity contribution < 1.29 is 9.53 Å². The number of carbonyl (C=O) groups excluding carboxylic acids is 1. The van der Waals surface area contributed by atoms with Crippen molar-refractivity contribution in [3.8, 4) is 5.75 Å².